The zero-order valence-corrected chi connectivity index (χ0v) is 60.4. The van der Waals surface area contributed by atoms with Gasteiger partial charge in [0.25, 0.3) is 0 Å². The minimum atomic E-state index is -1.76. The van der Waals surface area contributed by atoms with E-state index in [1.54, 1.807) is 42.0 Å². The normalized spacial score (nSPS) is 14.2. The van der Waals surface area contributed by atoms with Gasteiger partial charge < -0.3 is 0 Å². The van der Waals surface area contributed by atoms with Gasteiger partial charge in [-0.25, -0.2) is 4.44 Å². The van der Waals surface area contributed by atoms with E-state index in [0.717, 1.165) is 0 Å². The fraction of sp³-hybridized carbons (Fsp3) is 0.671. The van der Waals surface area contributed by atoms with Gasteiger partial charge >= 0.3 is 0 Å². The van der Waals surface area contributed by atoms with Gasteiger partial charge in [0.05, 0.1) is 32.3 Å². The fourth-order valence-corrected chi connectivity index (χ4v) is 44.4. The average Bonchev–Trinajstić information content (AvgIpc) is 3.84. The molecule has 0 aromatic heterocycles. The molecule has 1 aliphatic carbocycles. The lowest BCUT2D eigenvalue weighted by atomic mass is 10.1. The van der Waals surface area contributed by atoms with Gasteiger partial charge in [-0.15, -0.1) is 0 Å². The minimum absolute atomic E-state index is 0.536. The van der Waals surface area contributed by atoms with Crippen molar-refractivity contribution in [1.82, 2.24) is 4.44 Å². The van der Waals surface area contributed by atoms with Crippen LogP contribution in [0.1, 0.15) is 237 Å². The molecule has 7 heteroatoms. The molecule has 0 unspecified atom stereocenters. The van der Waals surface area contributed by atoms with Crippen LogP contribution in [0.5, 0.6) is 0 Å². The van der Waals surface area contributed by atoms with Crippen molar-refractivity contribution >= 4 is 90.4 Å². The molecule has 1 fully saturated rings. The van der Waals surface area contributed by atoms with Gasteiger partial charge in [-0.05, 0) is 34.1 Å². The number of benzene rings is 4. The Bertz CT molecular complexity index is 2030. The molecule has 80 heavy (non-hydrogen) atoms. The number of nitrogens with zero attached hydrogens (tertiary/aromatic N) is 1. The van der Waals surface area contributed by atoms with E-state index in [1.165, 1.54) is 227 Å². The second-order valence-corrected chi connectivity index (χ2v) is 49.1. The quantitative estimate of drug-likeness (QED) is 0.0243. The van der Waals surface area contributed by atoms with Gasteiger partial charge in [0.1, 0.15) is 0 Å². The van der Waals surface area contributed by atoms with Crippen molar-refractivity contribution in [1.29, 1.82) is 0 Å². The Hall–Kier alpha value is -1.43. The molecule has 0 radical (unpaired) electrons. The Labute approximate surface area is 504 Å². The second kappa shape index (κ2) is 37.2. The van der Waals surface area contributed by atoms with Crippen LogP contribution in [0.2, 0.25) is 72.5 Å². The van der Waals surface area contributed by atoms with E-state index in [9.17, 15) is 0 Å². The smallest absolute Gasteiger partial charge is 0.0867 e. The molecule has 1 aliphatic rings. The third-order valence-corrected chi connectivity index (χ3v) is 48.3. The zero-order valence-electron chi connectivity index (χ0n) is 54.6. The Kier molecular flexibility index (Phi) is 32.2. The Morgan fingerprint density at radius 3 is 0.850 bits per heavy atom. The van der Waals surface area contributed by atoms with Crippen molar-refractivity contribution < 1.29 is 0 Å². The number of hydrogen-bond acceptors (Lipinski definition) is 1. The summed E-state index contributed by atoms with van der Waals surface area (Å²) in [6.45, 7) is 29.6. The first kappa shape index (κ1) is 69.3. The summed E-state index contributed by atoms with van der Waals surface area (Å²) in [6, 6.07) is 61.6. The first-order chi connectivity index (χ1) is 39.1. The zero-order chi connectivity index (χ0) is 57.7. The molecule has 0 amide bonds. The van der Waals surface area contributed by atoms with Crippen LogP contribution in [0.15, 0.2) is 97.1 Å². The summed E-state index contributed by atoms with van der Waals surface area (Å²) in [7, 11) is -8.73. The lowest BCUT2D eigenvalue weighted by Crippen LogP contribution is -2.49. The molecule has 4 aromatic carbocycles. The predicted molar refractivity (Wildman–Crippen MR) is 382 cm³/mol. The molecule has 0 bridgehead atoms. The average molecular weight is 1190 g/mol. The minimum Gasteiger partial charge on any atom is -0.242 e. The molecule has 1 saturated carbocycles. The van der Waals surface area contributed by atoms with E-state index in [4.69, 9.17) is 0 Å². The summed E-state index contributed by atoms with van der Waals surface area (Å²) < 4.78 is 3.38. The van der Waals surface area contributed by atoms with E-state index in [2.05, 4.69) is 185 Å². The van der Waals surface area contributed by atoms with Crippen LogP contribution in [0, 0.1) is 0 Å². The molecule has 5 rings (SSSR count). The van der Waals surface area contributed by atoms with Crippen LogP contribution in [-0.4, -0.2) is 42.8 Å². The maximum atomic E-state index is 3.38. The highest BCUT2D eigenvalue weighted by molar-refractivity contribution is 7.84. The third kappa shape index (κ3) is 18.5. The van der Waals surface area contributed by atoms with E-state index < -0.39 is 48.4 Å². The lowest BCUT2D eigenvalue weighted by molar-refractivity contribution is 0.441. The van der Waals surface area contributed by atoms with E-state index in [1.807, 2.05) is 0 Å². The molecule has 4 aromatic rings. The van der Waals surface area contributed by atoms with Crippen molar-refractivity contribution in [2.75, 3.05) is 0 Å². The Balaban J connectivity index is 1.96. The first-order valence-corrected chi connectivity index (χ1v) is 48.0. The van der Waals surface area contributed by atoms with Gasteiger partial charge in [0.15, 0.2) is 0 Å². The van der Waals surface area contributed by atoms with Crippen molar-refractivity contribution in [2.45, 2.75) is 316 Å². The van der Waals surface area contributed by atoms with Crippen LogP contribution in [-0.2, 0) is 0 Å². The molecule has 0 aliphatic heterocycles. The van der Waals surface area contributed by atoms with E-state index in [0.29, 0.717) is 6.04 Å². The van der Waals surface area contributed by atoms with Gasteiger partial charge in [-0.2, -0.15) is 0 Å². The van der Waals surface area contributed by atoms with Crippen molar-refractivity contribution in [3.05, 3.63) is 97.1 Å². The summed E-state index contributed by atoms with van der Waals surface area (Å²) >= 11 is 0. The number of unbranched alkanes of at least 4 members (excludes halogenated alkanes) is 6. The molecular formula is C73H125NP2Si4. The molecule has 0 saturated heterocycles. The summed E-state index contributed by atoms with van der Waals surface area (Å²) in [5.74, 6) is 0. The summed E-state index contributed by atoms with van der Waals surface area (Å²) in [4.78, 5) is 0. The molecule has 1 nitrogen and oxygen atoms in total. The van der Waals surface area contributed by atoms with Crippen molar-refractivity contribution in [3.63, 3.8) is 0 Å². The summed E-state index contributed by atoms with van der Waals surface area (Å²) in [6.07, 6.45) is 32.1. The first-order valence-electron chi connectivity index (χ1n) is 34.9. The van der Waals surface area contributed by atoms with Gasteiger partial charge in [0.2, 0.25) is 0 Å². The fourth-order valence-electron chi connectivity index (χ4n) is 15.7. The SMILES string of the molecule is CCCC[Si](CCCC)(CCCC)c1ccc(P(c2ccc([Si](CCCC)(CCCC)CCCC)cc2)N(C2CCCCCC2)P(c2cccc([Si](CCC)(CCC)CCC)c2)c2cccc([Si](CCC)(CCC)CCC)c2)cc1. The molecule has 448 valence electrons. The molecular weight excluding hydrogens is 1070 g/mol. The standard InChI is InChI=1S/C73H125NP2Si4/c1-13-25-57-79(58-26-14-2,59-27-15-3)70-47-43-66(44-48-70)75(67-45-49-71(50-46-67)80(60-28-16-4,61-29-17-5)62-30-18-6)74(65-37-33-31-32-34-38-65)76(68-39-35-41-72(63-68)77(51-19-7,52-20-8)53-21-9)69-40-36-42-73(64-69)78(54-22-10,55-23-11)56-24-12/h35-36,39-50,63-65H,13-34,37-38,51-62H2,1-12H3. The topological polar surface area (TPSA) is 3.24 Å². The Morgan fingerprint density at radius 1 is 0.300 bits per heavy atom. The molecule has 0 N–H and O–H groups in total. The Morgan fingerprint density at radius 2 is 0.575 bits per heavy atom. The maximum Gasteiger partial charge on any atom is 0.0867 e. The van der Waals surface area contributed by atoms with Crippen molar-refractivity contribution in [3.8, 4) is 0 Å². The largest absolute Gasteiger partial charge is 0.242 e. The van der Waals surface area contributed by atoms with Gasteiger partial charge in [0, 0.05) is 22.2 Å². The summed E-state index contributed by atoms with van der Waals surface area (Å²) in [5.41, 5.74) is 0. The molecule has 0 atom stereocenters. The highest BCUT2D eigenvalue weighted by atomic mass is 31.2. The van der Waals surface area contributed by atoms with E-state index in [-0.39, 0.29) is 0 Å². The lowest BCUT2D eigenvalue weighted by Gasteiger charge is -2.45. The van der Waals surface area contributed by atoms with Crippen LogP contribution in [0.3, 0.4) is 0 Å². The van der Waals surface area contributed by atoms with Crippen LogP contribution < -0.4 is 42.0 Å². The molecule has 0 spiro atoms. The predicted octanol–water partition coefficient (Wildman–Crippen LogP) is 21.0. The second-order valence-electron chi connectivity index (χ2n) is 26.0. The number of hydrogen-bond donors (Lipinski definition) is 0. The third-order valence-electron chi connectivity index (χ3n) is 19.8. The van der Waals surface area contributed by atoms with Crippen LogP contribution in [0.25, 0.3) is 0 Å². The summed E-state index contributed by atoms with van der Waals surface area (Å²) in [5, 5.41) is 13.6. The van der Waals surface area contributed by atoms with Gasteiger partial charge in [-0.1, -0.05) is 415 Å². The highest BCUT2D eigenvalue weighted by Gasteiger charge is 2.42. The van der Waals surface area contributed by atoms with Gasteiger partial charge in [-0.3, -0.25) is 0 Å². The maximum absolute atomic E-state index is 3.38. The van der Waals surface area contributed by atoms with E-state index >= 15 is 0 Å². The van der Waals surface area contributed by atoms with Crippen LogP contribution in [0.4, 0.5) is 0 Å². The van der Waals surface area contributed by atoms with Crippen molar-refractivity contribution in [2.24, 2.45) is 0 Å². The van der Waals surface area contributed by atoms with Crippen LogP contribution >= 0.6 is 16.1 Å². The number of rotatable bonds is 41. The molecule has 0 heterocycles. The monoisotopic (exact) mass is 1190 g/mol. The highest BCUT2D eigenvalue weighted by Crippen LogP contribution is 2.58.